The van der Waals surface area contributed by atoms with Gasteiger partial charge in [0, 0.05) is 19.0 Å². The molecule has 0 saturated heterocycles. The summed E-state index contributed by atoms with van der Waals surface area (Å²) in [6, 6.07) is 13.1. The summed E-state index contributed by atoms with van der Waals surface area (Å²) in [5.41, 5.74) is 1.43. The van der Waals surface area contributed by atoms with E-state index in [0.717, 1.165) is 17.9 Å². The van der Waals surface area contributed by atoms with Crippen molar-refractivity contribution in [2.24, 2.45) is 13.0 Å². The van der Waals surface area contributed by atoms with Crippen LogP contribution in [0.1, 0.15) is 36.5 Å². The number of amides is 1. The molecule has 2 atom stereocenters. The van der Waals surface area contributed by atoms with Crippen molar-refractivity contribution in [2.45, 2.75) is 26.2 Å². The van der Waals surface area contributed by atoms with Gasteiger partial charge in [0.25, 0.3) is 5.56 Å². The van der Waals surface area contributed by atoms with Gasteiger partial charge in [-0.15, -0.1) is 0 Å². The third-order valence-corrected chi connectivity index (χ3v) is 5.32. The highest BCUT2D eigenvalue weighted by Gasteiger charge is 2.36. The smallest absolute Gasteiger partial charge is 0.295 e. The molecule has 2 heterocycles. The van der Waals surface area contributed by atoms with Gasteiger partial charge in [0.15, 0.2) is 0 Å². The third-order valence-electron chi connectivity index (χ3n) is 5.32. The highest BCUT2D eigenvalue weighted by molar-refractivity contribution is 6.02. The SMILES string of the molecule is Cc1c(NC(=O)/C=C/c2ccc([C@@H]3C[C@H]3C)o2)c(=O)n(-c2ccccc2)n1C. The number of nitrogens with one attached hydrogen (secondary N) is 1. The first-order valence-electron chi connectivity index (χ1n) is 9.38. The molecular formula is C22H23N3O3. The monoisotopic (exact) mass is 377 g/mol. The van der Waals surface area contributed by atoms with Gasteiger partial charge in [-0.05, 0) is 49.6 Å². The van der Waals surface area contributed by atoms with Crippen molar-refractivity contribution in [2.75, 3.05) is 5.32 Å². The number of aromatic nitrogens is 2. The quantitative estimate of drug-likeness (QED) is 0.687. The van der Waals surface area contributed by atoms with Gasteiger partial charge in [-0.2, -0.15) is 0 Å². The van der Waals surface area contributed by atoms with Crippen LogP contribution < -0.4 is 10.9 Å². The van der Waals surface area contributed by atoms with E-state index in [2.05, 4.69) is 12.2 Å². The van der Waals surface area contributed by atoms with Gasteiger partial charge < -0.3 is 9.73 Å². The molecule has 0 spiro atoms. The first-order valence-corrected chi connectivity index (χ1v) is 9.38. The lowest BCUT2D eigenvalue weighted by molar-refractivity contribution is -0.111. The Morgan fingerprint density at radius 2 is 1.93 bits per heavy atom. The molecule has 0 unspecified atom stereocenters. The summed E-state index contributed by atoms with van der Waals surface area (Å²) in [6.07, 6.45) is 4.16. The first-order chi connectivity index (χ1) is 13.5. The van der Waals surface area contributed by atoms with Crippen LogP contribution in [0.5, 0.6) is 0 Å². The van der Waals surface area contributed by atoms with Crippen LogP contribution in [0.3, 0.4) is 0 Å². The molecule has 2 aromatic heterocycles. The van der Waals surface area contributed by atoms with Crippen LogP contribution in [0, 0.1) is 12.8 Å². The van der Waals surface area contributed by atoms with E-state index in [4.69, 9.17) is 4.42 Å². The molecule has 0 aliphatic heterocycles. The second-order valence-electron chi connectivity index (χ2n) is 7.32. The molecular weight excluding hydrogens is 354 g/mol. The largest absolute Gasteiger partial charge is 0.461 e. The summed E-state index contributed by atoms with van der Waals surface area (Å²) in [5, 5.41) is 2.71. The predicted octanol–water partition coefficient (Wildman–Crippen LogP) is 3.85. The highest BCUT2D eigenvalue weighted by Crippen LogP contribution is 2.47. The van der Waals surface area contributed by atoms with Crippen molar-refractivity contribution < 1.29 is 9.21 Å². The number of hydrogen-bond donors (Lipinski definition) is 1. The van der Waals surface area contributed by atoms with Crippen LogP contribution in [0.25, 0.3) is 11.8 Å². The van der Waals surface area contributed by atoms with Gasteiger partial charge >= 0.3 is 0 Å². The summed E-state index contributed by atoms with van der Waals surface area (Å²) in [4.78, 5) is 25.2. The van der Waals surface area contributed by atoms with Crippen LogP contribution in [0.15, 0.2) is 57.8 Å². The molecule has 1 aliphatic rings. The van der Waals surface area contributed by atoms with Gasteiger partial charge in [0.1, 0.15) is 17.2 Å². The molecule has 1 saturated carbocycles. The van der Waals surface area contributed by atoms with Gasteiger partial charge in [-0.25, -0.2) is 4.68 Å². The van der Waals surface area contributed by atoms with E-state index in [1.165, 1.54) is 10.8 Å². The van der Waals surface area contributed by atoms with Crippen molar-refractivity contribution in [3.63, 3.8) is 0 Å². The van der Waals surface area contributed by atoms with Crippen molar-refractivity contribution in [3.8, 4) is 5.69 Å². The van der Waals surface area contributed by atoms with Crippen LogP contribution in [-0.2, 0) is 11.8 Å². The number of nitrogens with zero attached hydrogens (tertiary/aromatic N) is 2. The van der Waals surface area contributed by atoms with E-state index in [-0.39, 0.29) is 17.2 Å². The van der Waals surface area contributed by atoms with Gasteiger partial charge in [0.2, 0.25) is 5.91 Å². The number of hydrogen-bond acceptors (Lipinski definition) is 3. The zero-order valence-corrected chi connectivity index (χ0v) is 16.2. The Kier molecular flexibility index (Phi) is 4.55. The number of rotatable bonds is 5. The highest BCUT2D eigenvalue weighted by atomic mass is 16.3. The zero-order chi connectivity index (χ0) is 19.8. The predicted molar refractivity (Wildman–Crippen MR) is 109 cm³/mol. The maximum atomic E-state index is 12.8. The molecule has 3 aromatic rings. The lowest BCUT2D eigenvalue weighted by Gasteiger charge is -2.07. The molecule has 6 heteroatoms. The summed E-state index contributed by atoms with van der Waals surface area (Å²) in [5.74, 6) is 2.40. The molecule has 6 nitrogen and oxygen atoms in total. The van der Waals surface area contributed by atoms with E-state index in [1.807, 2.05) is 42.5 Å². The van der Waals surface area contributed by atoms with E-state index in [1.54, 1.807) is 24.7 Å². The second-order valence-corrected chi connectivity index (χ2v) is 7.32. The maximum Gasteiger partial charge on any atom is 0.295 e. The Morgan fingerprint density at radius 1 is 1.21 bits per heavy atom. The molecule has 0 radical (unpaired) electrons. The van der Waals surface area contributed by atoms with Crippen LogP contribution in [0.2, 0.25) is 0 Å². The van der Waals surface area contributed by atoms with Crippen LogP contribution in [-0.4, -0.2) is 15.3 Å². The molecule has 144 valence electrons. The van der Waals surface area contributed by atoms with Gasteiger partial charge in [0.05, 0.1) is 11.4 Å². The molecule has 1 fully saturated rings. The Labute approximate surface area is 163 Å². The topological polar surface area (TPSA) is 69.2 Å². The third kappa shape index (κ3) is 3.33. The van der Waals surface area contributed by atoms with Crippen molar-refractivity contribution in [3.05, 3.63) is 76.1 Å². The Bertz CT molecular complexity index is 1100. The Morgan fingerprint density at radius 3 is 2.61 bits per heavy atom. The minimum atomic E-state index is -0.372. The number of carbonyl (C=O) groups is 1. The molecule has 4 rings (SSSR count). The summed E-state index contributed by atoms with van der Waals surface area (Å²) in [6.45, 7) is 4.00. The van der Waals surface area contributed by atoms with Gasteiger partial charge in [-0.1, -0.05) is 25.1 Å². The lowest BCUT2D eigenvalue weighted by Crippen LogP contribution is -2.22. The molecule has 1 aromatic carbocycles. The fourth-order valence-corrected chi connectivity index (χ4v) is 3.41. The summed E-state index contributed by atoms with van der Waals surface area (Å²) < 4.78 is 9.03. The number of para-hydroxylation sites is 1. The van der Waals surface area contributed by atoms with Crippen molar-refractivity contribution >= 4 is 17.7 Å². The van der Waals surface area contributed by atoms with Crippen LogP contribution >= 0.6 is 0 Å². The van der Waals surface area contributed by atoms with E-state index >= 15 is 0 Å². The normalized spacial score (nSPS) is 18.5. The molecule has 1 N–H and O–H groups in total. The number of anilines is 1. The number of benzene rings is 1. The summed E-state index contributed by atoms with van der Waals surface area (Å²) >= 11 is 0. The lowest BCUT2D eigenvalue weighted by atomic mass is 10.3. The van der Waals surface area contributed by atoms with Gasteiger partial charge in [-0.3, -0.25) is 14.3 Å². The minimum absolute atomic E-state index is 0.268. The number of carbonyl (C=O) groups excluding carboxylic acids is 1. The molecule has 1 amide bonds. The van der Waals surface area contributed by atoms with E-state index in [9.17, 15) is 9.59 Å². The van der Waals surface area contributed by atoms with Crippen molar-refractivity contribution in [1.82, 2.24) is 9.36 Å². The molecule has 28 heavy (non-hydrogen) atoms. The number of furan rings is 1. The Hall–Kier alpha value is -3.28. The van der Waals surface area contributed by atoms with E-state index < -0.39 is 0 Å². The Balaban J connectivity index is 1.52. The second kappa shape index (κ2) is 7.03. The zero-order valence-electron chi connectivity index (χ0n) is 16.2. The summed E-state index contributed by atoms with van der Waals surface area (Å²) in [7, 11) is 1.79. The average Bonchev–Trinajstić information content (AvgIpc) is 3.16. The first kappa shape index (κ1) is 18.1. The molecule has 0 bridgehead atoms. The van der Waals surface area contributed by atoms with E-state index in [0.29, 0.717) is 23.3 Å². The van der Waals surface area contributed by atoms with Crippen LogP contribution in [0.4, 0.5) is 5.69 Å². The standard InChI is InChI=1S/C22H23N3O3/c1-14-13-18(14)19-11-9-17(28-19)10-12-20(26)23-21-15(2)24(3)25(22(21)27)16-7-5-4-6-8-16/h4-12,14,18H,13H2,1-3H3,(H,23,26)/b12-10+/t14-,18-/m1/s1. The minimum Gasteiger partial charge on any atom is -0.461 e. The fourth-order valence-electron chi connectivity index (χ4n) is 3.41. The fraction of sp³-hybridized carbons (Fsp3) is 0.273. The maximum absolute atomic E-state index is 12.8. The van der Waals surface area contributed by atoms with Crippen molar-refractivity contribution in [1.29, 1.82) is 0 Å². The average molecular weight is 377 g/mol. The molecule has 1 aliphatic carbocycles.